The molecule has 0 saturated carbocycles. The molecule has 36 heavy (non-hydrogen) atoms. The van der Waals surface area contributed by atoms with E-state index >= 15 is 0 Å². The van der Waals surface area contributed by atoms with Crippen molar-refractivity contribution in [2.24, 2.45) is 0 Å². The van der Waals surface area contributed by atoms with E-state index in [0.29, 0.717) is 0 Å². The molecule has 4 aliphatic rings. The van der Waals surface area contributed by atoms with E-state index in [4.69, 9.17) is 0 Å². The average molecular weight is 463 g/mol. The number of nitrogens with zero attached hydrogens (tertiary/aromatic N) is 2. The maximum Gasteiger partial charge on any atom is 0.393 e. The third-order valence-corrected chi connectivity index (χ3v) is 9.18. The highest BCUT2D eigenvalue weighted by Crippen LogP contribution is 2.48. The Morgan fingerprint density at radius 1 is 0.556 bits per heavy atom. The zero-order valence-electron chi connectivity index (χ0n) is 20.2. The molecule has 1 atom stereocenters. The van der Waals surface area contributed by atoms with Crippen LogP contribution in [0.2, 0.25) is 0 Å². The molecule has 2 nitrogen and oxygen atoms in total. The summed E-state index contributed by atoms with van der Waals surface area (Å²) in [5.41, 5.74) is 17.5. The Hall–Kier alpha value is -4.04. The summed E-state index contributed by atoms with van der Waals surface area (Å²) >= 11 is 0. The summed E-state index contributed by atoms with van der Waals surface area (Å²) in [6.07, 6.45) is 7.34. The van der Waals surface area contributed by atoms with E-state index in [1.54, 1.807) is 11.1 Å². The molecule has 0 unspecified atom stereocenters. The van der Waals surface area contributed by atoms with Gasteiger partial charge in [-0.1, -0.05) is 60.7 Å². The summed E-state index contributed by atoms with van der Waals surface area (Å²) in [6, 6.07) is 34.6. The molecule has 1 spiro atoms. The first-order valence-electron chi connectivity index (χ1n) is 13.2. The van der Waals surface area contributed by atoms with Gasteiger partial charge >= 0.3 is 5.66 Å². The molecule has 5 aromatic rings. The zero-order chi connectivity index (χ0) is 23.4. The van der Waals surface area contributed by atoms with Gasteiger partial charge < -0.3 is 0 Å². The Balaban J connectivity index is 1.48. The Bertz CT molecular complexity index is 1780. The Kier molecular flexibility index (Phi) is 3.51. The fourth-order valence-corrected chi connectivity index (χ4v) is 7.95. The molecule has 0 radical (unpaired) electrons. The Morgan fingerprint density at radius 3 is 2.19 bits per heavy atom. The van der Waals surface area contributed by atoms with Crippen molar-refractivity contribution in [3.05, 3.63) is 153 Å². The van der Waals surface area contributed by atoms with Crippen molar-refractivity contribution in [1.82, 2.24) is 0 Å². The molecule has 5 heterocycles. The number of fused-ring (bicyclic) bond motifs is 6. The van der Waals surface area contributed by atoms with Crippen LogP contribution in [0.25, 0.3) is 11.1 Å². The lowest BCUT2D eigenvalue weighted by Crippen LogP contribution is -2.80. The number of hydrogen-bond donors (Lipinski definition) is 0. The van der Waals surface area contributed by atoms with Gasteiger partial charge in [0.1, 0.15) is 12.0 Å². The molecule has 9 rings (SSSR count). The van der Waals surface area contributed by atoms with Gasteiger partial charge in [-0.05, 0) is 57.0 Å². The average Bonchev–Trinajstić information content (AvgIpc) is 3.20. The van der Waals surface area contributed by atoms with Gasteiger partial charge in [-0.25, -0.2) is 0 Å². The number of pyridine rings is 2. The molecular weight excluding hydrogens is 436 g/mol. The summed E-state index contributed by atoms with van der Waals surface area (Å²) in [7, 11) is 0. The van der Waals surface area contributed by atoms with Crippen LogP contribution >= 0.6 is 0 Å². The van der Waals surface area contributed by atoms with Crippen molar-refractivity contribution < 1.29 is 9.13 Å². The van der Waals surface area contributed by atoms with Gasteiger partial charge in [0.25, 0.3) is 0 Å². The maximum atomic E-state index is 2.73. The first-order valence-corrected chi connectivity index (χ1v) is 13.2. The molecule has 170 valence electrons. The van der Waals surface area contributed by atoms with Crippen LogP contribution in [0.15, 0.2) is 97.2 Å². The molecule has 2 heteroatoms. The van der Waals surface area contributed by atoms with Crippen molar-refractivity contribution in [3.63, 3.8) is 0 Å². The van der Waals surface area contributed by atoms with Crippen LogP contribution in [0.4, 0.5) is 0 Å². The highest BCUT2D eigenvalue weighted by Gasteiger charge is 2.63. The van der Waals surface area contributed by atoms with E-state index in [-0.39, 0.29) is 5.66 Å². The lowest BCUT2D eigenvalue weighted by atomic mass is 9.74. The van der Waals surface area contributed by atoms with Crippen LogP contribution in [0.3, 0.4) is 0 Å². The van der Waals surface area contributed by atoms with E-state index in [0.717, 1.165) is 32.1 Å². The van der Waals surface area contributed by atoms with Crippen molar-refractivity contribution in [2.45, 2.75) is 37.8 Å². The predicted molar refractivity (Wildman–Crippen MR) is 139 cm³/mol. The second-order valence-corrected chi connectivity index (χ2v) is 11.0. The summed E-state index contributed by atoms with van der Waals surface area (Å²) < 4.78 is 5.36. The molecule has 3 aromatic carbocycles. The molecule has 0 bridgehead atoms. The molecule has 1 aliphatic carbocycles. The summed E-state index contributed by atoms with van der Waals surface area (Å²) in [4.78, 5) is 0. The molecule has 0 amide bonds. The SMILES string of the molecule is c1ccc2c(c1)Cc1cccc3[n+]1[C@]1(C2)c2c(cc4c(c2C3)-c2ccccc2C4)Cc2cccc[n+]21. The molecule has 2 aromatic heterocycles. The quantitative estimate of drug-likeness (QED) is 0.280. The lowest BCUT2D eigenvalue weighted by molar-refractivity contribution is -0.992. The monoisotopic (exact) mass is 462 g/mol. The van der Waals surface area contributed by atoms with E-state index < -0.39 is 0 Å². The topological polar surface area (TPSA) is 7.76 Å². The van der Waals surface area contributed by atoms with Gasteiger partial charge in [-0.15, -0.1) is 9.13 Å². The van der Waals surface area contributed by atoms with Crippen molar-refractivity contribution >= 4 is 0 Å². The Morgan fingerprint density at radius 2 is 1.28 bits per heavy atom. The summed E-state index contributed by atoms with van der Waals surface area (Å²) in [6.45, 7) is 0. The van der Waals surface area contributed by atoms with Gasteiger partial charge in [0.15, 0.2) is 23.3 Å². The maximum absolute atomic E-state index is 2.73. The first-order chi connectivity index (χ1) is 17.8. The third-order valence-electron chi connectivity index (χ3n) is 9.18. The first kappa shape index (κ1) is 19.2. The van der Waals surface area contributed by atoms with E-state index in [1.165, 1.54) is 56.0 Å². The fourth-order valence-electron chi connectivity index (χ4n) is 7.95. The van der Waals surface area contributed by atoms with Crippen molar-refractivity contribution in [2.75, 3.05) is 0 Å². The predicted octanol–water partition coefficient (Wildman–Crippen LogP) is 5.04. The molecule has 0 N–H and O–H groups in total. The van der Waals surface area contributed by atoms with Crippen LogP contribution in [0, 0.1) is 0 Å². The third kappa shape index (κ3) is 2.24. The molecule has 3 aliphatic heterocycles. The largest absolute Gasteiger partial charge is 0.393 e. The minimum Gasteiger partial charge on any atom is -0.134 e. The number of rotatable bonds is 0. The second kappa shape index (κ2) is 6.59. The molecule has 0 fully saturated rings. The van der Waals surface area contributed by atoms with Gasteiger partial charge in [0, 0.05) is 24.3 Å². The number of hydrogen-bond acceptors (Lipinski definition) is 0. The number of benzene rings is 3. The van der Waals surface area contributed by atoms with E-state index in [1.807, 2.05) is 0 Å². The minimum absolute atomic E-state index is 0.289. The normalized spacial score (nSPS) is 19.2. The Labute approximate surface area is 211 Å². The van der Waals surface area contributed by atoms with Crippen LogP contribution in [-0.4, -0.2) is 0 Å². The lowest BCUT2D eigenvalue weighted by Gasteiger charge is -2.36. The molecule has 0 saturated heterocycles. The smallest absolute Gasteiger partial charge is 0.134 e. The van der Waals surface area contributed by atoms with Gasteiger partial charge in [0.05, 0.1) is 19.3 Å². The fraction of sp³-hybridized carbons (Fsp3) is 0.176. The standard InChI is InChI=1S/C34H26N2/c1-2-10-24-21-34-33-26(19-27-11-5-6-15-35(27)34)17-25-16-23-9-3-4-14-30(23)32(25)31(33)20-29-13-7-12-28(36(29)34)18-22(24)8-1/h1-15,17H,16,18-21H2/q+2/t34-/m1/s1. The van der Waals surface area contributed by atoms with Crippen LogP contribution in [0.5, 0.6) is 0 Å². The summed E-state index contributed by atoms with van der Waals surface area (Å²) in [5, 5.41) is 0. The van der Waals surface area contributed by atoms with Gasteiger partial charge in [-0.2, -0.15) is 0 Å². The van der Waals surface area contributed by atoms with Gasteiger partial charge in [0.2, 0.25) is 0 Å². The molecular formula is C34H26N2+2. The van der Waals surface area contributed by atoms with Crippen LogP contribution < -0.4 is 9.13 Å². The van der Waals surface area contributed by atoms with Gasteiger partial charge in [-0.3, -0.25) is 0 Å². The van der Waals surface area contributed by atoms with Crippen LogP contribution in [-0.2, 0) is 37.8 Å². The minimum atomic E-state index is -0.289. The van der Waals surface area contributed by atoms with Crippen LogP contribution in [0.1, 0.15) is 56.0 Å². The summed E-state index contributed by atoms with van der Waals surface area (Å²) in [5.74, 6) is 0. The van der Waals surface area contributed by atoms with Crippen molar-refractivity contribution in [3.8, 4) is 11.1 Å². The second-order valence-electron chi connectivity index (χ2n) is 11.0. The van der Waals surface area contributed by atoms with Crippen molar-refractivity contribution in [1.29, 1.82) is 0 Å². The van der Waals surface area contributed by atoms with E-state index in [2.05, 4.69) is 106 Å². The highest BCUT2D eigenvalue weighted by molar-refractivity contribution is 5.82. The number of aromatic nitrogens is 2. The highest BCUT2D eigenvalue weighted by atomic mass is 15.3. The zero-order valence-corrected chi connectivity index (χ0v) is 20.2. The van der Waals surface area contributed by atoms with E-state index in [9.17, 15) is 0 Å².